The number of rotatable bonds is 6. The molecule has 0 amide bonds. The zero-order chi connectivity index (χ0) is 20.5. The van der Waals surface area contributed by atoms with Crippen LogP contribution in [0, 0.1) is 0 Å². The van der Waals surface area contributed by atoms with Crippen molar-refractivity contribution in [3.8, 4) is 0 Å². The van der Waals surface area contributed by atoms with Crippen molar-refractivity contribution < 1.29 is 17.9 Å². The lowest BCUT2D eigenvalue weighted by Crippen LogP contribution is -2.33. The van der Waals surface area contributed by atoms with E-state index in [1.54, 1.807) is 18.2 Å². The van der Waals surface area contributed by atoms with Crippen LogP contribution in [0.2, 0.25) is 0 Å². The summed E-state index contributed by atoms with van der Waals surface area (Å²) in [6, 6.07) is 9.80. The molecule has 2 N–H and O–H groups in total. The first-order valence-electron chi connectivity index (χ1n) is 8.56. The molecule has 2 aromatic carbocycles. The number of aromatic nitrogens is 2. The first kappa shape index (κ1) is 19.8. The van der Waals surface area contributed by atoms with Gasteiger partial charge in [0, 0.05) is 43.2 Å². The molecule has 0 saturated heterocycles. The second-order valence-electron chi connectivity index (χ2n) is 6.56. The molecule has 8 nitrogen and oxygen atoms in total. The smallest absolute Gasteiger partial charge is 0.323 e. The van der Waals surface area contributed by atoms with Gasteiger partial charge < -0.3 is 15.4 Å². The number of anilines is 1. The molecule has 1 heterocycles. The van der Waals surface area contributed by atoms with Crippen LogP contribution in [-0.4, -0.2) is 50.6 Å². The molecule has 0 aliphatic rings. The Morgan fingerprint density at radius 3 is 2.57 bits per heavy atom. The minimum atomic E-state index is -3.87. The number of imidazole rings is 1. The molecule has 3 rings (SSSR count). The summed E-state index contributed by atoms with van der Waals surface area (Å²) in [4.78, 5) is 17.7. The molecule has 0 saturated carbocycles. The summed E-state index contributed by atoms with van der Waals surface area (Å²) in [6.07, 6.45) is 2.66. The molecule has 148 valence electrons. The Kier molecular flexibility index (Phi) is 5.39. The van der Waals surface area contributed by atoms with Crippen molar-refractivity contribution in [2.75, 3.05) is 26.1 Å². The number of carbonyl (C=O) groups excluding carboxylic acids is 1. The van der Waals surface area contributed by atoms with E-state index in [2.05, 4.69) is 9.72 Å². The van der Waals surface area contributed by atoms with Gasteiger partial charge in [-0.05, 0) is 12.1 Å². The highest BCUT2D eigenvalue weighted by molar-refractivity contribution is 7.90. The average Bonchev–Trinajstić information content (AvgIpc) is 3.15. The van der Waals surface area contributed by atoms with Crippen molar-refractivity contribution in [3.63, 3.8) is 0 Å². The van der Waals surface area contributed by atoms with Gasteiger partial charge in [-0.1, -0.05) is 24.3 Å². The van der Waals surface area contributed by atoms with Gasteiger partial charge in [0.15, 0.2) is 0 Å². The summed E-state index contributed by atoms with van der Waals surface area (Å²) in [5.74, 6) is -0.581. The lowest BCUT2D eigenvalue weighted by atomic mass is 10.1. The Labute approximate surface area is 163 Å². The van der Waals surface area contributed by atoms with Crippen LogP contribution in [0.1, 0.15) is 5.69 Å². The predicted molar refractivity (Wildman–Crippen MR) is 107 cm³/mol. The Bertz CT molecular complexity index is 1120. The fraction of sp³-hybridized carbons (Fsp3) is 0.263. The van der Waals surface area contributed by atoms with Crippen molar-refractivity contribution in [2.24, 2.45) is 5.73 Å². The summed E-state index contributed by atoms with van der Waals surface area (Å²) in [5, 5.41) is 1.46. The fourth-order valence-corrected chi connectivity index (χ4v) is 4.40. The number of hydrogen-bond donors (Lipinski definition) is 1. The highest BCUT2D eigenvalue weighted by Crippen LogP contribution is 2.31. The Morgan fingerprint density at radius 2 is 1.89 bits per heavy atom. The number of esters is 1. The van der Waals surface area contributed by atoms with Gasteiger partial charge in [0.1, 0.15) is 12.4 Å². The van der Waals surface area contributed by atoms with Gasteiger partial charge in [-0.25, -0.2) is 17.4 Å². The van der Waals surface area contributed by atoms with Crippen LogP contribution in [0.5, 0.6) is 0 Å². The minimum absolute atomic E-state index is 0.0789. The summed E-state index contributed by atoms with van der Waals surface area (Å²) < 4.78 is 32.0. The van der Waals surface area contributed by atoms with E-state index in [4.69, 9.17) is 5.73 Å². The van der Waals surface area contributed by atoms with Gasteiger partial charge in [0.25, 0.3) is 10.0 Å². The molecular weight excluding hydrogens is 380 g/mol. The average molecular weight is 402 g/mol. The van der Waals surface area contributed by atoms with E-state index in [-0.39, 0.29) is 11.3 Å². The Morgan fingerprint density at radius 1 is 1.21 bits per heavy atom. The third-order valence-electron chi connectivity index (χ3n) is 4.44. The zero-order valence-electron chi connectivity index (χ0n) is 15.9. The highest BCUT2D eigenvalue weighted by atomic mass is 32.2. The molecule has 0 bridgehead atoms. The van der Waals surface area contributed by atoms with Gasteiger partial charge in [0.2, 0.25) is 0 Å². The maximum absolute atomic E-state index is 13.2. The van der Waals surface area contributed by atoms with E-state index in [1.807, 2.05) is 37.2 Å². The molecule has 0 aliphatic carbocycles. The third-order valence-corrected chi connectivity index (χ3v) is 6.11. The standard InChI is InChI=1S/C19H22N4O4S/c1-22(2)17-8-4-7-15-14(17)6-5-9-18(15)28(25,26)23-11-13(21-12-23)10-16(20)19(24)27-3/h4-9,11-12,16H,10,20H2,1-3H3/t16-/m0/s1. The van der Waals surface area contributed by atoms with Crippen LogP contribution < -0.4 is 10.6 Å². The summed E-state index contributed by atoms with van der Waals surface area (Å²) in [7, 11) is 1.18. The molecule has 0 aliphatic heterocycles. The minimum Gasteiger partial charge on any atom is -0.468 e. The van der Waals surface area contributed by atoms with Crippen LogP contribution in [0.3, 0.4) is 0 Å². The van der Waals surface area contributed by atoms with Gasteiger partial charge >= 0.3 is 5.97 Å². The van der Waals surface area contributed by atoms with E-state index in [9.17, 15) is 13.2 Å². The van der Waals surface area contributed by atoms with Crippen LogP contribution in [0.4, 0.5) is 5.69 Å². The number of methoxy groups -OCH3 is 1. The number of hydrogen-bond acceptors (Lipinski definition) is 7. The molecule has 28 heavy (non-hydrogen) atoms. The lowest BCUT2D eigenvalue weighted by molar-refractivity contribution is -0.142. The SMILES string of the molecule is COC(=O)[C@@H](N)Cc1cn(S(=O)(=O)c2cccc3c(N(C)C)cccc23)cn1. The molecule has 0 spiro atoms. The van der Waals surface area contributed by atoms with Crippen LogP contribution >= 0.6 is 0 Å². The van der Waals surface area contributed by atoms with E-state index < -0.39 is 22.0 Å². The second kappa shape index (κ2) is 7.61. The highest BCUT2D eigenvalue weighted by Gasteiger charge is 2.22. The monoisotopic (exact) mass is 402 g/mol. The summed E-state index contributed by atoms with van der Waals surface area (Å²) >= 11 is 0. The molecule has 0 unspecified atom stereocenters. The molecular formula is C19H22N4O4S. The third kappa shape index (κ3) is 3.58. The largest absolute Gasteiger partial charge is 0.468 e. The molecule has 1 atom stereocenters. The number of nitrogens with zero attached hydrogens (tertiary/aromatic N) is 3. The number of fused-ring (bicyclic) bond motifs is 1. The first-order valence-corrected chi connectivity index (χ1v) is 10.0. The maximum atomic E-state index is 13.2. The molecule has 9 heteroatoms. The topological polar surface area (TPSA) is 108 Å². The number of benzene rings is 2. The maximum Gasteiger partial charge on any atom is 0.323 e. The van der Waals surface area contributed by atoms with Crippen molar-refractivity contribution in [2.45, 2.75) is 17.4 Å². The van der Waals surface area contributed by atoms with Crippen LogP contribution in [0.15, 0.2) is 53.8 Å². The normalized spacial score (nSPS) is 12.7. The number of ether oxygens (including phenoxy) is 1. The Hall–Kier alpha value is -2.91. The van der Waals surface area contributed by atoms with Crippen LogP contribution in [-0.2, 0) is 26.0 Å². The molecule has 0 fully saturated rings. The van der Waals surface area contributed by atoms with Crippen molar-refractivity contribution in [3.05, 3.63) is 54.6 Å². The van der Waals surface area contributed by atoms with Crippen molar-refractivity contribution in [1.82, 2.24) is 8.96 Å². The second-order valence-corrected chi connectivity index (χ2v) is 8.37. The number of carbonyl (C=O) groups is 1. The number of nitrogens with two attached hydrogens (primary N) is 1. The summed E-state index contributed by atoms with van der Waals surface area (Å²) in [5.41, 5.74) is 7.04. The van der Waals surface area contributed by atoms with E-state index >= 15 is 0 Å². The van der Waals surface area contributed by atoms with Crippen molar-refractivity contribution in [1.29, 1.82) is 0 Å². The fourth-order valence-electron chi connectivity index (χ4n) is 3.03. The van der Waals surface area contributed by atoms with Gasteiger partial charge in [-0.2, -0.15) is 0 Å². The van der Waals surface area contributed by atoms with Gasteiger partial charge in [0.05, 0.1) is 17.7 Å². The predicted octanol–water partition coefficient (Wildman–Crippen LogP) is 1.38. The van der Waals surface area contributed by atoms with Crippen molar-refractivity contribution >= 4 is 32.5 Å². The van der Waals surface area contributed by atoms with Gasteiger partial charge in [-0.3, -0.25) is 4.79 Å². The van der Waals surface area contributed by atoms with E-state index in [0.29, 0.717) is 11.1 Å². The molecule has 3 aromatic rings. The lowest BCUT2D eigenvalue weighted by Gasteiger charge is -2.17. The molecule has 1 aromatic heterocycles. The van der Waals surface area contributed by atoms with E-state index in [1.165, 1.54) is 19.6 Å². The first-order chi connectivity index (χ1) is 13.3. The zero-order valence-corrected chi connectivity index (χ0v) is 16.7. The van der Waals surface area contributed by atoms with Gasteiger partial charge in [-0.15, -0.1) is 0 Å². The summed E-state index contributed by atoms with van der Waals surface area (Å²) in [6.45, 7) is 0. The van der Waals surface area contributed by atoms with Crippen LogP contribution in [0.25, 0.3) is 10.8 Å². The Balaban J connectivity index is 2.03. The quantitative estimate of drug-likeness (QED) is 0.621. The van der Waals surface area contributed by atoms with E-state index in [0.717, 1.165) is 15.0 Å². The molecule has 0 radical (unpaired) electrons.